The van der Waals surface area contributed by atoms with E-state index in [1.54, 1.807) is 0 Å². The molecule has 2 saturated carbocycles. The zero-order valence-electron chi connectivity index (χ0n) is 13.7. The number of hydrogen-bond donors (Lipinski definition) is 1. The van der Waals surface area contributed by atoms with Crippen LogP contribution in [0.15, 0.2) is 0 Å². The van der Waals surface area contributed by atoms with Crippen molar-refractivity contribution in [2.75, 3.05) is 26.7 Å². The van der Waals surface area contributed by atoms with E-state index in [0.717, 1.165) is 17.9 Å². The molecule has 116 valence electrons. The van der Waals surface area contributed by atoms with Crippen LogP contribution in [0.4, 0.5) is 0 Å². The van der Waals surface area contributed by atoms with Crippen LogP contribution in [-0.2, 0) is 0 Å². The lowest BCUT2D eigenvalue weighted by atomic mass is 9.69. The maximum atomic E-state index is 3.52. The van der Waals surface area contributed by atoms with Crippen LogP contribution in [0.3, 0.4) is 0 Å². The second-order valence-electron chi connectivity index (χ2n) is 8.10. The van der Waals surface area contributed by atoms with E-state index in [1.807, 2.05) is 0 Å². The first-order valence-electron chi connectivity index (χ1n) is 9.11. The molecule has 0 spiro atoms. The fourth-order valence-corrected chi connectivity index (χ4v) is 5.69. The highest BCUT2D eigenvalue weighted by Crippen LogP contribution is 2.43. The van der Waals surface area contributed by atoms with Crippen molar-refractivity contribution >= 4 is 0 Å². The number of fused-ring (bicyclic) bond motifs is 1. The third-order valence-corrected chi connectivity index (χ3v) is 6.38. The van der Waals surface area contributed by atoms with Gasteiger partial charge >= 0.3 is 0 Å². The minimum Gasteiger partial charge on any atom is -0.319 e. The van der Waals surface area contributed by atoms with Crippen LogP contribution in [0.1, 0.15) is 64.7 Å². The largest absolute Gasteiger partial charge is 0.319 e. The molecule has 0 aromatic heterocycles. The molecule has 0 aromatic rings. The standard InChI is InChI=1S/C18H34N2/c1-15-6-4-10-18(12-15,13-19-2)14-20-11-5-8-16-7-3-9-17(16)20/h15-17,19H,3-14H2,1-2H3. The van der Waals surface area contributed by atoms with Gasteiger partial charge < -0.3 is 5.32 Å². The summed E-state index contributed by atoms with van der Waals surface area (Å²) in [4.78, 5) is 2.91. The van der Waals surface area contributed by atoms with Crippen molar-refractivity contribution in [3.8, 4) is 0 Å². The third kappa shape index (κ3) is 3.06. The molecule has 0 radical (unpaired) electrons. The van der Waals surface area contributed by atoms with Crippen molar-refractivity contribution < 1.29 is 0 Å². The molecule has 20 heavy (non-hydrogen) atoms. The lowest BCUT2D eigenvalue weighted by Crippen LogP contribution is -2.51. The van der Waals surface area contributed by atoms with E-state index in [1.165, 1.54) is 77.4 Å². The van der Waals surface area contributed by atoms with E-state index in [4.69, 9.17) is 0 Å². The number of nitrogens with zero attached hydrogens (tertiary/aromatic N) is 1. The van der Waals surface area contributed by atoms with Gasteiger partial charge in [0.15, 0.2) is 0 Å². The molecule has 3 rings (SSSR count). The molecule has 4 unspecified atom stereocenters. The van der Waals surface area contributed by atoms with E-state index in [-0.39, 0.29) is 0 Å². The molecule has 0 aromatic carbocycles. The Morgan fingerprint density at radius 2 is 1.95 bits per heavy atom. The summed E-state index contributed by atoms with van der Waals surface area (Å²) in [7, 11) is 2.15. The van der Waals surface area contributed by atoms with Gasteiger partial charge in [-0.3, -0.25) is 4.90 Å². The van der Waals surface area contributed by atoms with Gasteiger partial charge in [-0.25, -0.2) is 0 Å². The van der Waals surface area contributed by atoms with Crippen molar-refractivity contribution in [3.05, 3.63) is 0 Å². The summed E-state index contributed by atoms with van der Waals surface area (Å²) in [6.07, 6.45) is 13.2. The Kier molecular flexibility index (Phi) is 4.72. The Morgan fingerprint density at radius 1 is 1.10 bits per heavy atom. The van der Waals surface area contributed by atoms with Crippen LogP contribution in [0.25, 0.3) is 0 Å². The SMILES string of the molecule is CNCC1(CN2CCCC3CCCC32)CCCC(C)C1. The van der Waals surface area contributed by atoms with Crippen LogP contribution in [0, 0.1) is 17.3 Å². The topological polar surface area (TPSA) is 15.3 Å². The summed E-state index contributed by atoms with van der Waals surface area (Å²) in [5.41, 5.74) is 0.566. The maximum Gasteiger partial charge on any atom is 0.0124 e. The molecule has 1 heterocycles. The molecular formula is C18H34N2. The first-order valence-corrected chi connectivity index (χ1v) is 9.11. The Balaban J connectivity index is 1.69. The monoisotopic (exact) mass is 278 g/mol. The molecule has 3 fully saturated rings. The Hall–Kier alpha value is -0.0800. The van der Waals surface area contributed by atoms with Crippen LogP contribution < -0.4 is 5.32 Å². The number of likely N-dealkylation sites (tertiary alicyclic amines) is 1. The first-order chi connectivity index (χ1) is 9.72. The lowest BCUT2D eigenvalue weighted by Gasteiger charge is -2.47. The van der Waals surface area contributed by atoms with E-state index in [0.29, 0.717) is 5.41 Å². The average Bonchev–Trinajstić information content (AvgIpc) is 2.88. The quantitative estimate of drug-likeness (QED) is 0.844. The minimum absolute atomic E-state index is 0.566. The number of hydrogen-bond acceptors (Lipinski definition) is 2. The first kappa shape index (κ1) is 14.8. The van der Waals surface area contributed by atoms with Gasteiger partial charge in [-0.15, -0.1) is 0 Å². The average molecular weight is 278 g/mol. The molecule has 4 atom stereocenters. The van der Waals surface area contributed by atoms with Gasteiger partial charge in [-0.05, 0) is 69.4 Å². The van der Waals surface area contributed by atoms with Crippen LogP contribution in [-0.4, -0.2) is 37.6 Å². The van der Waals surface area contributed by atoms with E-state index < -0.39 is 0 Å². The number of piperidine rings is 1. The maximum absolute atomic E-state index is 3.52. The zero-order valence-corrected chi connectivity index (χ0v) is 13.7. The van der Waals surface area contributed by atoms with Gasteiger partial charge in [0.1, 0.15) is 0 Å². The molecule has 1 N–H and O–H groups in total. The van der Waals surface area contributed by atoms with Gasteiger partial charge in [0.25, 0.3) is 0 Å². The smallest absolute Gasteiger partial charge is 0.0124 e. The van der Waals surface area contributed by atoms with Gasteiger partial charge in [0, 0.05) is 19.1 Å². The number of rotatable bonds is 4. The lowest BCUT2D eigenvalue weighted by molar-refractivity contribution is 0.0290. The molecule has 2 aliphatic carbocycles. The second kappa shape index (κ2) is 6.36. The van der Waals surface area contributed by atoms with Gasteiger partial charge in [0.2, 0.25) is 0 Å². The summed E-state index contributed by atoms with van der Waals surface area (Å²) >= 11 is 0. The van der Waals surface area contributed by atoms with Gasteiger partial charge in [0.05, 0.1) is 0 Å². The predicted octanol–water partition coefficient (Wildman–Crippen LogP) is 3.67. The normalized spacial score (nSPS) is 42.6. The molecular weight excluding hydrogens is 244 g/mol. The van der Waals surface area contributed by atoms with Crippen LogP contribution in [0.2, 0.25) is 0 Å². The predicted molar refractivity (Wildman–Crippen MR) is 85.9 cm³/mol. The molecule has 1 saturated heterocycles. The number of nitrogens with one attached hydrogen (secondary N) is 1. The highest BCUT2D eigenvalue weighted by molar-refractivity contribution is 4.95. The minimum atomic E-state index is 0.566. The third-order valence-electron chi connectivity index (χ3n) is 6.38. The second-order valence-corrected chi connectivity index (χ2v) is 8.10. The van der Waals surface area contributed by atoms with Crippen molar-refractivity contribution in [2.24, 2.45) is 17.3 Å². The van der Waals surface area contributed by atoms with Gasteiger partial charge in [-0.2, -0.15) is 0 Å². The fourth-order valence-electron chi connectivity index (χ4n) is 5.69. The van der Waals surface area contributed by atoms with Crippen molar-refractivity contribution in [1.29, 1.82) is 0 Å². The highest BCUT2D eigenvalue weighted by atomic mass is 15.2. The van der Waals surface area contributed by atoms with Crippen molar-refractivity contribution in [3.63, 3.8) is 0 Å². The Morgan fingerprint density at radius 3 is 2.75 bits per heavy atom. The highest BCUT2D eigenvalue weighted by Gasteiger charge is 2.41. The molecule has 3 aliphatic rings. The molecule has 0 amide bonds. The van der Waals surface area contributed by atoms with E-state index >= 15 is 0 Å². The molecule has 2 heteroatoms. The molecule has 0 bridgehead atoms. The molecule has 2 nitrogen and oxygen atoms in total. The van der Waals surface area contributed by atoms with Crippen LogP contribution >= 0.6 is 0 Å². The summed E-state index contributed by atoms with van der Waals surface area (Å²) < 4.78 is 0. The summed E-state index contributed by atoms with van der Waals surface area (Å²) in [6, 6.07) is 0.940. The Labute approximate surface area is 125 Å². The van der Waals surface area contributed by atoms with Crippen molar-refractivity contribution in [2.45, 2.75) is 70.8 Å². The summed E-state index contributed by atoms with van der Waals surface area (Å²) in [6.45, 7) is 6.45. The summed E-state index contributed by atoms with van der Waals surface area (Å²) in [5.74, 6) is 1.97. The fraction of sp³-hybridized carbons (Fsp3) is 1.00. The Bertz CT molecular complexity index is 313. The summed E-state index contributed by atoms with van der Waals surface area (Å²) in [5, 5.41) is 3.52. The van der Waals surface area contributed by atoms with E-state index in [9.17, 15) is 0 Å². The zero-order chi connectivity index (χ0) is 14.0. The van der Waals surface area contributed by atoms with Gasteiger partial charge in [-0.1, -0.05) is 26.2 Å². The van der Waals surface area contributed by atoms with Crippen LogP contribution in [0.5, 0.6) is 0 Å². The van der Waals surface area contributed by atoms with Crippen molar-refractivity contribution in [1.82, 2.24) is 10.2 Å². The van der Waals surface area contributed by atoms with E-state index in [2.05, 4.69) is 24.2 Å². The molecule has 1 aliphatic heterocycles.